The summed E-state index contributed by atoms with van der Waals surface area (Å²) in [6, 6.07) is -0.219. The second kappa shape index (κ2) is 4.17. The van der Waals surface area contributed by atoms with E-state index in [4.69, 9.17) is 0 Å². The molecule has 0 saturated carbocycles. The van der Waals surface area contributed by atoms with Gasteiger partial charge >= 0.3 is 0 Å². The number of hydrogen-bond donors (Lipinski definition) is 3. The van der Waals surface area contributed by atoms with Crippen molar-refractivity contribution >= 4 is 5.91 Å². The third-order valence-electron chi connectivity index (χ3n) is 3.01. The van der Waals surface area contributed by atoms with Crippen molar-refractivity contribution in [3.05, 3.63) is 5.82 Å². The standard InChI is InChI=1S/C9H16N6O/c1-6(7-12-14-15-13-7)11-8(16)9(2)3-4-10-5-9/h6,10H,3-5H2,1-2H3,(H,11,16)(H,12,13,14,15). The Bertz CT molecular complexity index is 356. The fourth-order valence-electron chi connectivity index (χ4n) is 1.80. The maximum atomic E-state index is 12.0. The Morgan fingerprint density at radius 3 is 3.00 bits per heavy atom. The van der Waals surface area contributed by atoms with Gasteiger partial charge in [0, 0.05) is 6.54 Å². The van der Waals surface area contributed by atoms with Crippen LogP contribution in [0, 0.1) is 5.41 Å². The first-order valence-electron chi connectivity index (χ1n) is 5.37. The molecule has 88 valence electrons. The first-order valence-corrected chi connectivity index (χ1v) is 5.37. The molecule has 7 heteroatoms. The molecule has 2 atom stereocenters. The maximum absolute atomic E-state index is 12.0. The van der Waals surface area contributed by atoms with Crippen LogP contribution in [0.5, 0.6) is 0 Å². The van der Waals surface area contributed by atoms with Crippen molar-refractivity contribution < 1.29 is 4.79 Å². The lowest BCUT2D eigenvalue weighted by Gasteiger charge is -2.23. The zero-order chi connectivity index (χ0) is 11.6. The van der Waals surface area contributed by atoms with Gasteiger partial charge in [-0.3, -0.25) is 4.79 Å². The summed E-state index contributed by atoms with van der Waals surface area (Å²) in [5.41, 5.74) is -0.321. The van der Waals surface area contributed by atoms with Gasteiger partial charge in [0.15, 0.2) is 5.82 Å². The maximum Gasteiger partial charge on any atom is 0.227 e. The summed E-state index contributed by atoms with van der Waals surface area (Å²) in [6.07, 6.45) is 0.859. The van der Waals surface area contributed by atoms with E-state index < -0.39 is 0 Å². The van der Waals surface area contributed by atoms with Crippen molar-refractivity contribution in [2.45, 2.75) is 26.3 Å². The van der Waals surface area contributed by atoms with Crippen LogP contribution in [0.2, 0.25) is 0 Å². The van der Waals surface area contributed by atoms with Crippen LogP contribution in [0.3, 0.4) is 0 Å². The van der Waals surface area contributed by atoms with Crippen LogP contribution in [0.4, 0.5) is 0 Å². The molecule has 1 saturated heterocycles. The summed E-state index contributed by atoms with van der Waals surface area (Å²) in [4.78, 5) is 12.0. The minimum absolute atomic E-state index is 0.0369. The summed E-state index contributed by atoms with van der Waals surface area (Å²) in [7, 11) is 0. The monoisotopic (exact) mass is 224 g/mol. The van der Waals surface area contributed by atoms with E-state index in [9.17, 15) is 4.79 Å². The molecule has 7 nitrogen and oxygen atoms in total. The number of carbonyl (C=O) groups excluding carboxylic acids is 1. The fraction of sp³-hybridized carbons (Fsp3) is 0.778. The number of tetrazole rings is 1. The molecule has 1 fully saturated rings. The lowest BCUT2D eigenvalue weighted by atomic mass is 9.88. The van der Waals surface area contributed by atoms with Crippen LogP contribution in [0.25, 0.3) is 0 Å². The Labute approximate surface area is 93.4 Å². The molecule has 1 amide bonds. The van der Waals surface area contributed by atoms with Crippen LogP contribution < -0.4 is 10.6 Å². The topological polar surface area (TPSA) is 95.6 Å². The second-order valence-electron chi connectivity index (χ2n) is 4.45. The van der Waals surface area contributed by atoms with E-state index in [0.29, 0.717) is 5.82 Å². The second-order valence-corrected chi connectivity index (χ2v) is 4.45. The quantitative estimate of drug-likeness (QED) is 0.635. The van der Waals surface area contributed by atoms with Crippen LogP contribution in [-0.2, 0) is 4.79 Å². The first kappa shape index (κ1) is 11.0. The molecular formula is C9H16N6O. The molecule has 1 aliphatic rings. The first-order chi connectivity index (χ1) is 7.62. The van der Waals surface area contributed by atoms with E-state index in [1.54, 1.807) is 0 Å². The molecule has 1 aromatic heterocycles. The SMILES string of the molecule is CC(NC(=O)C1(C)CCNC1)c1nn[nH]n1. The molecule has 0 aromatic carbocycles. The third-order valence-corrected chi connectivity index (χ3v) is 3.01. The molecule has 2 rings (SSSR count). The Morgan fingerprint density at radius 1 is 1.62 bits per heavy atom. The summed E-state index contributed by atoms with van der Waals surface area (Å²) in [5.74, 6) is 0.540. The smallest absolute Gasteiger partial charge is 0.227 e. The lowest BCUT2D eigenvalue weighted by Crippen LogP contribution is -2.41. The number of H-pyrrole nitrogens is 1. The Hall–Kier alpha value is -1.50. The fourth-order valence-corrected chi connectivity index (χ4v) is 1.80. The predicted molar refractivity (Wildman–Crippen MR) is 56.3 cm³/mol. The van der Waals surface area contributed by atoms with Gasteiger partial charge in [-0.1, -0.05) is 5.21 Å². The summed E-state index contributed by atoms with van der Waals surface area (Å²) in [6.45, 7) is 5.41. The highest BCUT2D eigenvalue weighted by Crippen LogP contribution is 2.25. The van der Waals surface area contributed by atoms with Gasteiger partial charge in [-0.2, -0.15) is 5.21 Å². The van der Waals surface area contributed by atoms with E-state index in [1.807, 2.05) is 13.8 Å². The van der Waals surface area contributed by atoms with Gasteiger partial charge in [-0.05, 0) is 26.8 Å². The highest BCUT2D eigenvalue weighted by molar-refractivity contribution is 5.83. The number of nitrogens with zero attached hydrogens (tertiary/aromatic N) is 3. The highest BCUT2D eigenvalue weighted by Gasteiger charge is 2.37. The van der Waals surface area contributed by atoms with Crippen LogP contribution in [-0.4, -0.2) is 39.6 Å². The average Bonchev–Trinajstić information content (AvgIpc) is 2.88. The van der Waals surface area contributed by atoms with E-state index >= 15 is 0 Å². The third kappa shape index (κ3) is 2.04. The van der Waals surface area contributed by atoms with Crippen molar-refractivity contribution in [1.82, 2.24) is 31.3 Å². The predicted octanol–water partition coefficient (Wildman–Crippen LogP) is -0.623. The van der Waals surface area contributed by atoms with Gasteiger partial charge in [0.25, 0.3) is 0 Å². The van der Waals surface area contributed by atoms with Crippen LogP contribution in [0.15, 0.2) is 0 Å². The van der Waals surface area contributed by atoms with Gasteiger partial charge < -0.3 is 10.6 Å². The average molecular weight is 224 g/mol. The molecule has 2 heterocycles. The van der Waals surface area contributed by atoms with Crippen molar-refractivity contribution in [1.29, 1.82) is 0 Å². The molecule has 0 bridgehead atoms. The van der Waals surface area contributed by atoms with Gasteiger partial charge in [0.05, 0.1) is 11.5 Å². The normalized spacial score (nSPS) is 26.6. The number of amides is 1. The molecule has 1 aliphatic heterocycles. The number of hydrogen-bond acceptors (Lipinski definition) is 5. The molecule has 2 unspecified atom stereocenters. The zero-order valence-electron chi connectivity index (χ0n) is 9.45. The van der Waals surface area contributed by atoms with Crippen molar-refractivity contribution in [3.63, 3.8) is 0 Å². The molecule has 0 spiro atoms. The van der Waals surface area contributed by atoms with Crippen LogP contribution >= 0.6 is 0 Å². The largest absolute Gasteiger partial charge is 0.346 e. The number of nitrogens with one attached hydrogen (secondary N) is 3. The highest BCUT2D eigenvalue weighted by atomic mass is 16.2. The Balaban J connectivity index is 1.97. The number of aromatic amines is 1. The van der Waals surface area contributed by atoms with Crippen molar-refractivity contribution in [2.24, 2.45) is 5.41 Å². The molecule has 1 aromatic rings. The summed E-state index contributed by atoms with van der Waals surface area (Å²) >= 11 is 0. The number of carbonyl (C=O) groups is 1. The van der Waals surface area contributed by atoms with E-state index in [2.05, 4.69) is 31.3 Å². The zero-order valence-corrected chi connectivity index (χ0v) is 9.45. The van der Waals surface area contributed by atoms with Crippen molar-refractivity contribution in [3.8, 4) is 0 Å². The molecule has 16 heavy (non-hydrogen) atoms. The molecular weight excluding hydrogens is 208 g/mol. The molecule has 0 aliphatic carbocycles. The van der Waals surface area contributed by atoms with Gasteiger partial charge in [0.1, 0.15) is 0 Å². The minimum Gasteiger partial charge on any atom is -0.346 e. The van der Waals surface area contributed by atoms with Gasteiger partial charge in [-0.15, -0.1) is 10.2 Å². The Kier molecular flexibility index (Phi) is 2.86. The van der Waals surface area contributed by atoms with Gasteiger partial charge in [0.2, 0.25) is 5.91 Å². The minimum atomic E-state index is -0.321. The molecule has 0 radical (unpaired) electrons. The number of rotatable bonds is 3. The van der Waals surface area contributed by atoms with Crippen molar-refractivity contribution in [2.75, 3.05) is 13.1 Å². The summed E-state index contributed by atoms with van der Waals surface area (Å²) < 4.78 is 0. The van der Waals surface area contributed by atoms with Crippen LogP contribution in [0.1, 0.15) is 32.1 Å². The van der Waals surface area contributed by atoms with E-state index in [0.717, 1.165) is 19.5 Å². The van der Waals surface area contributed by atoms with Gasteiger partial charge in [-0.25, -0.2) is 0 Å². The Morgan fingerprint density at radius 2 is 2.44 bits per heavy atom. The van der Waals surface area contributed by atoms with E-state index in [-0.39, 0.29) is 17.4 Å². The lowest BCUT2D eigenvalue weighted by molar-refractivity contribution is -0.130. The summed E-state index contributed by atoms with van der Waals surface area (Å²) in [5, 5.41) is 19.6. The number of aromatic nitrogens is 4. The molecule has 3 N–H and O–H groups in total. The van der Waals surface area contributed by atoms with E-state index in [1.165, 1.54) is 0 Å².